The first kappa shape index (κ1) is 17.5. The molecule has 0 aliphatic carbocycles. The molecule has 0 spiro atoms. The molecule has 0 N–H and O–H groups in total. The van der Waals surface area contributed by atoms with Crippen LogP contribution in [0.15, 0.2) is 48.8 Å². The lowest BCUT2D eigenvalue weighted by Gasteiger charge is -2.35. The maximum absolute atomic E-state index is 12.6. The predicted octanol–water partition coefficient (Wildman–Crippen LogP) is 2.59. The number of nitrogens with zero attached hydrogens (tertiary/aromatic N) is 6. The second-order valence-electron chi connectivity index (χ2n) is 6.37. The van der Waals surface area contributed by atoms with Crippen LogP contribution in [-0.4, -0.2) is 56.7 Å². The van der Waals surface area contributed by atoms with E-state index in [1.54, 1.807) is 35.1 Å². The second-order valence-corrected chi connectivity index (χ2v) is 6.80. The molecule has 7 nitrogen and oxygen atoms in total. The van der Waals surface area contributed by atoms with Crippen molar-refractivity contribution in [2.75, 3.05) is 31.1 Å². The number of anilines is 1. The fourth-order valence-electron chi connectivity index (χ4n) is 3.13. The van der Waals surface area contributed by atoms with Crippen LogP contribution in [0.4, 0.5) is 5.82 Å². The van der Waals surface area contributed by atoms with E-state index in [2.05, 4.69) is 20.0 Å². The minimum absolute atomic E-state index is 0.0300. The number of benzene rings is 1. The SMILES string of the molecule is Cc1nc(N2CCN(C(=O)c3ccc(Cl)cc3)CC2)cc(-n2cccn2)n1. The van der Waals surface area contributed by atoms with Crippen LogP contribution in [0.3, 0.4) is 0 Å². The Morgan fingerprint density at radius 2 is 1.74 bits per heavy atom. The molecule has 3 aromatic rings. The lowest BCUT2D eigenvalue weighted by atomic mass is 10.2. The van der Waals surface area contributed by atoms with Gasteiger partial charge in [0.1, 0.15) is 11.6 Å². The molecule has 1 amide bonds. The number of aryl methyl sites for hydroxylation is 1. The molecule has 27 heavy (non-hydrogen) atoms. The number of amides is 1. The van der Waals surface area contributed by atoms with Crippen molar-refractivity contribution in [3.8, 4) is 5.82 Å². The number of carbonyl (C=O) groups is 1. The number of hydrogen-bond donors (Lipinski definition) is 0. The zero-order valence-electron chi connectivity index (χ0n) is 14.9. The summed E-state index contributed by atoms with van der Waals surface area (Å²) in [7, 11) is 0. The Morgan fingerprint density at radius 1 is 1.04 bits per heavy atom. The molecule has 4 rings (SSSR count). The zero-order chi connectivity index (χ0) is 18.8. The van der Waals surface area contributed by atoms with Crippen molar-refractivity contribution in [1.82, 2.24) is 24.6 Å². The third kappa shape index (κ3) is 3.78. The third-order valence-electron chi connectivity index (χ3n) is 4.53. The Kier molecular flexibility index (Phi) is 4.77. The van der Waals surface area contributed by atoms with Gasteiger partial charge in [-0.2, -0.15) is 5.10 Å². The molecule has 8 heteroatoms. The fraction of sp³-hybridized carbons (Fsp3) is 0.263. The number of rotatable bonds is 3. The van der Waals surface area contributed by atoms with Crippen LogP contribution in [0.5, 0.6) is 0 Å². The van der Waals surface area contributed by atoms with E-state index in [9.17, 15) is 4.79 Å². The summed E-state index contributed by atoms with van der Waals surface area (Å²) >= 11 is 5.90. The molecule has 1 saturated heterocycles. The smallest absolute Gasteiger partial charge is 0.253 e. The van der Waals surface area contributed by atoms with Crippen molar-refractivity contribution in [3.05, 3.63) is 65.2 Å². The van der Waals surface area contributed by atoms with E-state index in [4.69, 9.17) is 11.6 Å². The summed E-state index contributed by atoms with van der Waals surface area (Å²) in [6, 6.07) is 10.8. The lowest BCUT2D eigenvalue weighted by Crippen LogP contribution is -2.49. The van der Waals surface area contributed by atoms with Gasteiger partial charge in [0.2, 0.25) is 0 Å². The van der Waals surface area contributed by atoms with E-state index in [-0.39, 0.29) is 5.91 Å². The van der Waals surface area contributed by atoms with Crippen LogP contribution in [0.2, 0.25) is 5.02 Å². The largest absolute Gasteiger partial charge is 0.353 e. The first-order valence-corrected chi connectivity index (χ1v) is 9.13. The van der Waals surface area contributed by atoms with Gasteiger partial charge in [0.15, 0.2) is 5.82 Å². The van der Waals surface area contributed by atoms with Gasteiger partial charge >= 0.3 is 0 Å². The summed E-state index contributed by atoms with van der Waals surface area (Å²) in [5, 5.41) is 4.86. The standard InChI is InChI=1S/C19H19ClN6O/c1-14-22-17(13-18(23-14)26-8-2-7-21-26)24-9-11-25(12-10-24)19(27)15-3-5-16(20)6-4-15/h2-8,13H,9-12H2,1H3. The molecule has 0 atom stereocenters. The molecule has 0 radical (unpaired) electrons. The maximum atomic E-state index is 12.6. The summed E-state index contributed by atoms with van der Waals surface area (Å²) in [5.74, 6) is 2.31. The van der Waals surface area contributed by atoms with Gasteiger partial charge in [0.25, 0.3) is 5.91 Å². The summed E-state index contributed by atoms with van der Waals surface area (Å²) < 4.78 is 1.72. The van der Waals surface area contributed by atoms with E-state index < -0.39 is 0 Å². The third-order valence-corrected chi connectivity index (χ3v) is 4.78. The topological polar surface area (TPSA) is 67.2 Å². The Bertz CT molecular complexity index is 933. The summed E-state index contributed by atoms with van der Waals surface area (Å²) in [4.78, 5) is 25.7. The highest BCUT2D eigenvalue weighted by Gasteiger charge is 2.23. The molecule has 1 aliphatic heterocycles. The van der Waals surface area contributed by atoms with Crippen LogP contribution in [0.1, 0.15) is 16.2 Å². The molecule has 2 aromatic heterocycles. The van der Waals surface area contributed by atoms with Crippen molar-refractivity contribution >= 4 is 23.3 Å². The Morgan fingerprint density at radius 3 is 2.41 bits per heavy atom. The van der Waals surface area contributed by atoms with Crippen molar-refractivity contribution < 1.29 is 4.79 Å². The molecule has 138 valence electrons. The van der Waals surface area contributed by atoms with Gasteiger partial charge in [0, 0.05) is 55.2 Å². The van der Waals surface area contributed by atoms with Crippen LogP contribution < -0.4 is 4.90 Å². The monoisotopic (exact) mass is 382 g/mol. The lowest BCUT2D eigenvalue weighted by molar-refractivity contribution is 0.0746. The summed E-state index contributed by atoms with van der Waals surface area (Å²) in [6.07, 6.45) is 3.58. The van der Waals surface area contributed by atoms with Gasteiger partial charge in [0.05, 0.1) is 0 Å². The van der Waals surface area contributed by atoms with Gasteiger partial charge < -0.3 is 9.80 Å². The van der Waals surface area contributed by atoms with E-state index in [0.717, 1.165) is 11.6 Å². The van der Waals surface area contributed by atoms with Crippen molar-refractivity contribution in [2.24, 2.45) is 0 Å². The van der Waals surface area contributed by atoms with Gasteiger partial charge in [-0.1, -0.05) is 11.6 Å². The number of hydrogen-bond acceptors (Lipinski definition) is 5. The number of aromatic nitrogens is 4. The van der Waals surface area contributed by atoms with Crippen molar-refractivity contribution in [3.63, 3.8) is 0 Å². The molecule has 3 heterocycles. The Balaban J connectivity index is 1.46. The van der Waals surface area contributed by atoms with E-state index >= 15 is 0 Å². The summed E-state index contributed by atoms with van der Waals surface area (Å²) in [5.41, 5.74) is 0.659. The molecule has 1 aliphatic rings. The first-order chi connectivity index (χ1) is 13.1. The number of halogens is 1. The Hall–Kier alpha value is -2.93. The molecule has 1 fully saturated rings. The molecule has 0 unspecified atom stereocenters. The van der Waals surface area contributed by atoms with Crippen LogP contribution >= 0.6 is 11.6 Å². The second kappa shape index (κ2) is 7.36. The Labute approximate surface area is 162 Å². The quantitative estimate of drug-likeness (QED) is 0.696. The molecular weight excluding hydrogens is 364 g/mol. The molecule has 0 bridgehead atoms. The first-order valence-electron chi connectivity index (χ1n) is 8.76. The van der Waals surface area contributed by atoms with E-state index in [1.165, 1.54) is 0 Å². The molecule has 1 aromatic carbocycles. The predicted molar refractivity (Wildman–Crippen MR) is 103 cm³/mol. The van der Waals surface area contributed by atoms with Crippen LogP contribution in [0, 0.1) is 6.92 Å². The van der Waals surface area contributed by atoms with Gasteiger partial charge in [-0.3, -0.25) is 4.79 Å². The fourth-order valence-corrected chi connectivity index (χ4v) is 3.26. The zero-order valence-corrected chi connectivity index (χ0v) is 15.7. The van der Waals surface area contributed by atoms with Crippen LogP contribution in [-0.2, 0) is 0 Å². The average Bonchev–Trinajstić information content (AvgIpc) is 3.23. The average molecular weight is 383 g/mol. The van der Waals surface area contributed by atoms with E-state index in [1.807, 2.05) is 30.2 Å². The summed E-state index contributed by atoms with van der Waals surface area (Å²) in [6.45, 7) is 4.59. The number of piperazine rings is 1. The highest BCUT2D eigenvalue weighted by atomic mass is 35.5. The van der Waals surface area contributed by atoms with Crippen molar-refractivity contribution in [1.29, 1.82) is 0 Å². The normalized spacial score (nSPS) is 14.4. The van der Waals surface area contributed by atoms with Crippen molar-refractivity contribution in [2.45, 2.75) is 6.92 Å². The molecular formula is C19H19ClN6O. The van der Waals surface area contributed by atoms with Gasteiger partial charge in [-0.25, -0.2) is 14.6 Å². The van der Waals surface area contributed by atoms with E-state index in [0.29, 0.717) is 42.6 Å². The minimum atomic E-state index is 0.0300. The molecule has 0 saturated carbocycles. The maximum Gasteiger partial charge on any atom is 0.253 e. The van der Waals surface area contributed by atoms with Gasteiger partial charge in [-0.05, 0) is 37.3 Å². The number of carbonyl (C=O) groups excluding carboxylic acids is 1. The highest BCUT2D eigenvalue weighted by molar-refractivity contribution is 6.30. The van der Waals surface area contributed by atoms with Gasteiger partial charge in [-0.15, -0.1) is 0 Å². The highest BCUT2D eigenvalue weighted by Crippen LogP contribution is 2.18. The minimum Gasteiger partial charge on any atom is -0.353 e. The van der Waals surface area contributed by atoms with Crippen LogP contribution in [0.25, 0.3) is 5.82 Å².